The lowest BCUT2D eigenvalue weighted by molar-refractivity contribution is -0.137. The molecular formula is C22H19F3N6O2. The summed E-state index contributed by atoms with van der Waals surface area (Å²) in [5.74, 6) is -0.123. The normalized spacial score (nSPS) is 10.9. The van der Waals surface area contributed by atoms with Crippen LogP contribution >= 0.6 is 0 Å². The average Bonchev–Trinajstić information content (AvgIpc) is 2.81. The maximum absolute atomic E-state index is 12.6. The van der Waals surface area contributed by atoms with Gasteiger partial charge in [-0.3, -0.25) is 0 Å². The fourth-order valence-electron chi connectivity index (χ4n) is 2.85. The van der Waals surface area contributed by atoms with Crippen molar-refractivity contribution < 1.29 is 22.7 Å². The summed E-state index contributed by atoms with van der Waals surface area (Å²) in [7, 11) is 0. The molecule has 0 saturated heterocycles. The number of nitriles is 1. The molecule has 0 spiro atoms. The topological polar surface area (TPSA) is 113 Å². The molecule has 1 aromatic carbocycles. The number of pyridine rings is 1. The van der Waals surface area contributed by atoms with Gasteiger partial charge in [-0.2, -0.15) is 18.4 Å². The van der Waals surface area contributed by atoms with Crippen molar-refractivity contribution in [1.82, 2.24) is 15.0 Å². The minimum absolute atomic E-state index is 0.122. The summed E-state index contributed by atoms with van der Waals surface area (Å²) in [5, 5.41) is 15.3. The molecule has 2 aromatic heterocycles. The second kappa shape index (κ2) is 10.4. The molecule has 0 aliphatic heterocycles. The second-order valence-electron chi connectivity index (χ2n) is 6.62. The summed E-state index contributed by atoms with van der Waals surface area (Å²) in [6.07, 6.45) is -2.37. The van der Waals surface area contributed by atoms with E-state index in [0.29, 0.717) is 24.2 Å². The first-order valence-electron chi connectivity index (χ1n) is 9.88. The SMILES string of the molecule is CCOC(=O)c1cnc(NCCNc2ccc(C(F)(F)F)cn2)nc1-c1ccccc1C#N. The van der Waals surface area contributed by atoms with Gasteiger partial charge in [0.25, 0.3) is 0 Å². The molecule has 33 heavy (non-hydrogen) atoms. The van der Waals surface area contributed by atoms with Crippen LogP contribution in [0.2, 0.25) is 0 Å². The van der Waals surface area contributed by atoms with Crippen LogP contribution in [-0.2, 0) is 10.9 Å². The van der Waals surface area contributed by atoms with Crippen LogP contribution in [0.4, 0.5) is 24.9 Å². The number of carbonyl (C=O) groups is 1. The number of benzene rings is 1. The number of halogens is 3. The second-order valence-corrected chi connectivity index (χ2v) is 6.62. The van der Waals surface area contributed by atoms with E-state index < -0.39 is 17.7 Å². The third-order valence-electron chi connectivity index (χ3n) is 4.39. The fourth-order valence-corrected chi connectivity index (χ4v) is 2.85. The smallest absolute Gasteiger partial charge is 0.417 e. The van der Waals surface area contributed by atoms with Gasteiger partial charge in [-0.15, -0.1) is 0 Å². The lowest BCUT2D eigenvalue weighted by atomic mass is 10.0. The predicted molar refractivity (Wildman–Crippen MR) is 114 cm³/mol. The van der Waals surface area contributed by atoms with E-state index in [0.717, 1.165) is 12.3 Å². The number of carbonyl (C=O) groups excluding carboxylic acids is 1. The zero-order valence-corrected chi connectivity index (χ0v) is 17.5. The van der Waals surface area contributed by atoms with Crippen molar-refractivity contribution in [3.8, 4) is 17.3 Å². The van der Waals surface area contributed by atoms with Crippen molar-refractivity contribution in [2.75, 3.05) is 30.3 Å². The van der Waals surface area contributed by atoms with E-state index in [4.69, 9.17) is 4.74 Å². The molecule has 0 radical (unpaired) electrons. The number of esters is 1. The average molecular weight is 456 g/mol. The van der Waals surface area contributed by atoms with E-state index in [2.05, 4.69) is 31.7 Å². The predicted octanol–water partition coefficient (Wildman–Crippen LogP) is 4.13. The molecule has 0 aliphatic carbocycles. The van der Waals surface area contributed by atoms with Crippen molar-refractivity contribution in [1.29, 1.82) is 5.26 Å². The number of nitrogens with zero attached hydrogens (tertiary/aromatic N) is 4. The maximum atomic E-state index is 12.6. The molecule has 0 atom stereocenters. The zero-order valence-electron chi connectivity index (χ0n) is 17.5. The first kappa shape index (κ1) is 23.5. The Morgan fingerprint density at radius 3 is 2.52 bits per heavy atom. The Morgan fingerprint density at radius 2 is 1.85 bits per heavy atom. The van der Waals surface area contributed by atoms with Crippen LogP contribution in [0.1, 0.15) is 28.4 Å². The van der Waals surface area contributed by atoms with Gasteiger partial charge in [-0.25, -0.2) is 19.7 Å². The number of nitrogens with one attached hydrogen (secondary N) is 2. The van der Waals surface area contributed by atoms with Gasteiger partial charge in [0, 0.05) is 31.0 Å². The summed E-state index contributed by atoms with van der Waals surface area (Å²) in [6, 6.07) is 11.0. The fraction of sp³-hybridized carbons (Fsp3) is 0.227. The Labute approximate surface area is 187 Å². The first-order valence-corrected chi connectivity index (χ1v) is 9.88. The third kappa shape index (κ3) is 5.94. The number of ether oxygens (including phenoxy) is 1. The third-order valence-corrected chi connectivity index (χ3v) is 4.39. The van der Waals surface area contributed by atoms with Gasteiger partial charge >= 0.3 is 12.1 Å². The van der Waals surface area contributed by atoms with E-state index in [1.165, 1.54) is 12.3 Å². The van der Waals surface area contributed by atoms with Gasteiger partial charge in [-0.05, 0) is 25.1 Å². The summed E-state index contributed by atoms with van der Waals surface area (Å²) >= 11 is 0. The molecule has 170 valence electrons. The molecule has 0 unspecified atom stereocenters. The lowest BCUT2D eigenvalue weighted by Crippen LogP contribution is -2.17. The minimum Gasteiger partial charge on any atom is -0.462 e. The molecule has 0 bridgehead atoms. The van der Waals surface area contributed by atoms with E-state index in [1.54, 1.807) is 31.2 Å². The minimum atomic E-state index is -4.44. The molecule has 0 aliphatic rings. The van der Waals surface area contributed by atoms with Crippen molar-refractivity contribution in [3.05, 3.63) is 65.5 Å². The van der Waals surface area contributed by atoms with Gasteiger partial charge in [0.15, 0.2) is 0 Å². The molecule has 3 rings (SSSR count). The molecule has 8 nitrogen and oxygen atoms in total. The lowest BCUT2D eigenvalue weighted by Gasteiger charge is -2.12. The molecule has 0 fully saturated rings. The highest BCUT2D eigenvalue weighted by Gasteiger charge is 2.30. The summed E-state index contributed by atoms with van der Waals surface area (Å²) in [6.45, 7) is 2.46. The van der Waals surface area contributed by atoms with Crippen molar-refractivity contribution in [2.24, 2.45) is 0 Å². The number of hydrogen-bond donors (Lipinski definition) is 2. The van der Waals surface area contributed by atoms with Gasteiger partial charge in [0.2, 0.25) is 5.95 Å². The maximum Gasteiger partial charge on any atom is 0.417 e. The van der Waals surface area contributed by atoms with Crippen LogP contribution in [0.15, 0.2) is 48.8 Å². The Balaban J connectivity index is 1.72. The van der Waals surface area contributed by atoms with Gasteiger partial charge in [-0.1, -0.05) is 18.2 Å². The largest absolute Gasteiger partial charge is 0.462 e. The number of aromatic nitrogens is 3. The molecule has 2 heterocycles. The quantitative estimate of drug-likeness (QED) is 0.384. The van der Waals surface area contributed by atoms with Crippen molar-refractivity contribution in [3.63, 3.8) is 0 Å². The molecule has 11 heteroatoms. The van der Waals surface area contributed by atoms with Gasteiger partial charge < -0.3 is 15.4 Å². The van der Waals surface area contributed by atoms with Crippen LogP contribution in [0.25, 0.3) is 11.3 Å². The number of alkyl halides is 3. The molecule has 3 aromatic rings. The zero-order chi connectivity index (χ0) is 23.8. The van der Waals surface area contributed by atoms with Gasteiger partial charge in [0.1, 0.15) is 11.4 Å². The van der Waals surface area contributed by atoms with Crippen molar-refractivity contribution >= 4 is 17.7 Å². The summed E-state index contributed by atoms with van der Waals surface area (Å²) in [5.41, 5.74) is 0.340. The highest BCUT2D eigenvalue weighted by molar-refractivity contribution is 5.96. The van der Waals surface area contributed by atoms with Crippen LogP contribution in [0.3, 0.4) is 0 Å². The van der Waals surface area contributed by atoms with E-state index >= 15 is 0 Å². The Kier molecular flexibility index (Phi) is 7.40. The van der Waals surface area contributed by atoms with E-state index in [1.807, 2.05) is 0 Å². The molecule has 0 saturated carbocycles. The number of rotatable bonds is 8. The highest BCUT2D eigenvalue weighted by atomic mass is 19.4. The van der Waals surface area contributed by atoms with Crippen LogP contribution in [0.5, 0.6) is 0 Å². The standard InChI is InChI=1S/C22H19F3N6O2/c1-2-33-20(32)17-13-30-21(31-19(17)16-6-4-3-5-14(16)11-26)28-10-9-27-18-8-7-15(12-29-18)22(23,24)25/h3-8,12-13H,2,9-10H2,1H3,(H,27,29)(H,28,30,31). The first-order chi connectivity index (χ1) is 15.8. The molecule has 2 N–H and O–H groups in total. The summed E-state index contributed by atoms with van der Waals surface area (Å²) in [4.78, 5) is 24.6. The van der Waals surface area contributed by atoms with E-state index in [9.17, 15) is 23.2 Å². The molecule has 0 amide bonds. The number of hydrogen-bond acceptors (Lipinski definition) is 8. The Bertz CT molecular complexity index is 1160. The highest BCUT2D eigenvalue weighted by Crippen LogP contribution is 2.29. The number of anilines is 2. The van der Waals surface area contributed by atoms with Crippen LogP contribution in [0, 0.1) is 11.3 Å². The van der Waals surface area contributed by atoms with Crippen LogP contribution < -0.4 is 10.6 Å². The monoisotopic (exact) mass is 456 g/mol. The van der Waals surface area contributed by atoms with Crippen LogP contribution in [-0.4, -0.2) is 40.6 Å². The Morgan fingerprint density at radius 1 is 1.09 bits per heavy atom. The van der Waals surface area contributed by atoms with Crippen molar-refractivity contribution in [2.45, 2.75) is 13.1 Å². The van der Waals surface area contributed by atoms with E-state index in [-0.39, 0.29) is 29.6 Å². The van der Waals surface area contributed by atoms with Gasteiger partial charge in [0.05, 0.1) is 29.5 Å². The Hall–Kier alpha value is -4.20. The molecular weight excluding hydrogens is 437 g/mol. The summed E-state index contributed by atoms with van der Waals surface area (Å²) < 4.78 is 42.9.